The van der Waals surface area contributed by atoms with E-state index in [0.717, 1.165) is 35.9 Å². The number of rotatable bonds is 7. The Morgan fingerprint density at radius 1 is 1.44 bits per heavy atom. The molecule has 102 valence electrons. The molecular formula is C14H22BrNO2. The summed E-state index contributed by atoms with van der Waals surface area (Å²) >= 11 is 3.36. The average molecular weight is 316 g/mol. The van der Waals surface area contributed by atoms with Crippen LogP contribution < -0.4 is 5.32 Å². The highest BCUT2D eigenvalue weighted by Crippen LogP contribution is 2.37. The van der Waals surface area contributed by atoms with Crippen molar-refractivity contribution in [2.75, 3.05) is 13.2 Å². The summed E-state index contributed by atoms with van der Waals surface area (Å²) in [6.45, 7) is 5.99. The highest BCUT2D eigenvalue weighted by Gasteiger charge is 2.32. The molecule has 0 bridgehead atoms. The first-order chi connectivity index (χ1) is 8.72. The van der Waals surface area contributed by atoms with Gasteiger partial charge in [0, 0.05) is 6.61 Å². The number of ether oxygens (including phenoxy) is 1. The van der Waals surface area contributed by atoms with Crippen molar-refractivity contribution < 1.29 is 9.15 Å². The molecule has 1 saturated carbocycles. The summed E-state index contributed by atoms with van der Waals surface area (Å²) in [5.74, 6) is 1.79. The van der Waals surface area contributed by atoms with Gasteiger partial charge in [-0.1, -0.05) is 6.92 Å². The first-order valence-corrected chi connectivity index (χ1v) is 7.62. The largest absolute Gasteiger partial charge is 0.453 e. The minimum absolute atomic E-state index is 0.328. The maximum absolute atomic E-state index is 5.66. The number of hydrogen-bond donors (Lipinski definition) is 1. The number of hydrogen-bond acceptors (Lipinski definition) is 3. The molecule has 1 aromatic heterocycles. The number of nitrogens with one attached hydrogen (secondary N) is 1. The Bertz CT molecular complexity index is 360. The van der Waals surface area contributed by atoms with Crippen molar-refractivity contribution >= 4 is 15.9 Å². The zero-order valence-corrected chi connectivity index (χ0v) is 12.7. The Labute approximate surface area is 117 Å². The van der Waals surface area contributed by atoms with E-state index in [9.17, 15) is 0 Å². The van der Waals surface area contributed by atoms with Crippen LogP contribution in [0.15, 0.2) is 21.2 Å². The molecule has 0 saturated heterocycles. The second-order valence-corrected chi connectivity index (χ2v) is 5.68. The van der Waals surface area contributed by atoms with E-state index in [1.807, 2.05) is 6.07 Å². The second kappa shape index (κ2) is 6.73. The Morgan fingerprint density at radius 3 is 2.78 bits per heavy atom. The van der Waals surface area contributed by atoms with Crippen molar-refractivity contribution in [3.8, 4) is 0 Å². The molecule has 1 atom stereocenters. The zero-order valence-electron chi connectivity index (χ0n) is 11.1. The predicted molar refractivity (Wildman–Crippen MR) is 75.6 cm³/mol. The van der Waals surface area contributed by atoms with Gasteiger partial charge in [0.2, 0.25) is 0 Å². The minimum Gasteiger partial charge on any atom is -0.453 e. The Morgan fingerprint density at radius 2 is 2.22 bits per heavy atom. The van der Waals surface area contributed by atoms with Crippen LogP contribution in [0.2, 0.25) is 0 Å². The van der Waals surface area contributed by atoms with Gasteiger partial charge >= 0.3 is 0 Å². The highest BCUT2D eigenvalue weighted by atomic mass is 79.9. The minimum atomic E-state index is 0.328. The summed E-state index contributed by atoms with van der Waals surface area (Å²) in [4.78, 5) is 0. The summed E-state index contributed by atoms with van der Waals surface area (Å²) in [5.41, 5.74) is 0. The molecule has 0 radical (unpaired) electrons. The van der Waals surface area contributed by atoms with E-state index in [1.165, 1.54) is 12.8 Å². The Kier molecular flexibility index (Phi) is 5.27. The van der Waals surface area contributed by atoms with Crippen LogP contribution in [0, 0.1) is 5.92 Å². The maximum Gasteiger partial charge on any atom is 0.169 e. The van der Waals surface area contributed by atoms with Gasteiger partial charge in [-0.15, -0.1) is 0 Å². The molecule has 18 heavy (non-hydrogen) atoms. The fraction of sp³-hybridized carbons (Fsp3) is 0.714. The maximum atomic E-state index is 5.66. The van der Waals surface area contributed by atoms with Gasteiger partial charge in [-0.3, -0.25) is 0 Å². The van der Waals surface area contributed by atoms with E-state index in [0.29, 0.717) is 12.1 Å². The molecule has 4 heteroatoms. The smallest absolute Gasteiger partial charge is 0.169 e. The molecule has 1 aliphatic carbocycles. The van der Waals surface area contributed by atoms with Gasteiger partial charge in [0.05, 0.1) is 12.1 Å². The van der Waals surface area contributed by atoms with Crippen LogP contribution in [-0.2, 0) is 4.74 Å². The first-order valence-electron chi connectivity index (χ1n) is 6.83. The molecule has 1 aliphatic rings. The zero-order chi connectivity index (χ0) is 13.0. The van der Waals surface area contributed by atoms with Crippen molar-refractivity contribution in [1.82, 2.24) is 5.32 Å². The van der Waals surface area contributed by atoms with Crippen LogP contribution in [-0.4, -0.2) is 19.3 Å². The quantitative estimate of drug-likeness (QED) is 0.828. The third-order valence-electron chi connectivity index (χ3n) is 3.55. The summed E-state index contributed by atoms with van der Waals surface area (Å²) < 4.78 is 12.1. The van der Waals surface area contributed by atoms with E-state index >= 15 is 0 Å². The predicted octanol–water partition coefficient (Wildman–Crippen LogP) is 3.90. The van der Waals surface area contributed by atoms with Gasteiger partial charge in [-0.05, 0) is 66.7 Å². The normalized spacial score (nSPS) is 24.8. The van der Waals surface area contributed by atoms with E-state index in [-0.39, 0.29) is 0 Å². The summed E-state index contributed by atoms with van der Waals surface area (Å²) in [5, 5.41) is 3.50. The van der Waals surface area contributed by atoms with Crippen LogP contribution in [0.4, 0.5) is 0 Å². The molecule has 0 spiro atoms. The molecule has 0 amide bonds. The van der Waals surface area contributed by atoms with Crippen LogP contribution >= 0.6 is 15.9 Å². The van der Waals surface area contributed by atoms with Crippen molar-refractivity contribution in [1.29, 1.82) is 0 Å². The summed E-state index contributed by atoms with van der Waals surface area (Å²) in [6.07, 6.45) is 4.01. The molecule has 1 fully saturated rings. The average Bonchev–Trinajstić information content (AvgIpc) is 2.72. The van der Waals surface area contributed by atoms with Crippen LogP contribution in [0.3, 0.4) is 0 Å². The molecule has 0 aliphatic heterocycles. The Balaban J connectivity index is 1.84. The van der Waals surface area contributed by atoms with Gasteiger partial charge in [-0.25, -0.2) is 0 Å². The first kappa shape index (κ1) is 14.1. The molecule has 3 nitrogen and oxygen atoms in total. The number of furan rings is 1. The second-order valence-electron chi connectivity index (χ2n) is 4.90. The van der Waals surface area contributed by atoms with Crippen LogP contribution in [0.5, 0.6) is 0 Å². The van der Waals surface area contributed by atoms with Crippen molar-refractivity contribution in [2.24, 2.45) is 5.92 Å². The molecule has 1 unspecified atom stereocenters. The Hall–Kier alpha value is -0.320. The fourth-order valence-corrected chi connectivity index (χ4v) is 2.95. The van der Waals surface area contributed by atoms with Gasteiger partial charge in [-0.2, -0.15) is 0 Å². The lowest BCUT2D eigenvalue weighted by Gasteiger charge is -2.36. The SMILES string of the molecule is CCNC(CC1CC(OCC)C1)c1ccc(Br)o1. The standard InChI is InChI=1S/C14H22BrNO2/c1-3-16-12(13-5-6-14(15)18-13)9-10-7-11(8-10)17-4-2/h5-6,10-12,16H,3-4,7-9H2,1-2H3. The topological polar surface area (TPSA) is 34.4 Å². The van der Waals surface area contributed by atoms with Crippen molar-refractivity contribution in [2.45, 2.75) is 45.3 Å². The van der Waals surface area contributed by atoms with E-state index < -0.39 is 0 Å². The number of halogens is 1. The molecule has 2 rings (SSSR count). The van der Waals surface area contributed by atoms with E-state index in [1.54, 1.807) is 0 Å². The third-order valence-corrected chi connectivity index (χ3v) is 3.98. The molecular weight excluding hydrogens is 294 g/mol. The van der Waals surface area contributed by atoms with Gasteiger partial charge in [0.25, 0.3) is 0 Å². The third kappa shape index (κ3) is 3.59. The monoisotopic (exact) mass is 315 g/mol. The van der Waals surface area contributed by atoms with E-state index in [4.69, 9.17) is 9.15 Å². The molecule has 1 heterocycles. The van der Waals surface area contributed by atoms with Crippen molar-refractivity contribution in [3.63, 3.8) is 0 Å². The highest BCUT2D eigenvalue weighted by molar-refractivity contribution is 9.10. The van der Waals surface area contributed by atoms with Gasteiger partial charge < -0.3 is 14.5 Å². The van der Waals surface area contributed by atoms with Crippen LogP contribution in [0.1, 0.15) is 44.9 Å². The lowest BCUT2D eigenvalue weighted by molar-refractivity contribution is -0.0296. The molecule has 1 aromatic rings. The van der Waals surface area contributed by atoms with E-state index in [2.05, 4.69) is 41.2 Å². The fourth-order valence-electron chi connectivity index (χ4n) is 2.63. The van der Waals surface area contributed by atoms with Crippen molar-refractivity contribution in [3.05, 3.63) is 22.6 Å². The lowest BCUT2D eigenvalue weighted by Crippen LogP contribution is -2.34. The van der Waals surface area contributed by atoms with Gasteiger partial charge in [0.15, 0.2) is 4.67 Å². The molecule has 1 N–H and O–H groups in total. The van der Waals surface area contributed by atoms with Gasteiger partial charge in [0.1, 0.15) is 5.76 Å². The molecule has 0 aromatic carbocycles. The van der Waals surface area contributed by atoms with Crippen LogP contribution in [0.25, 0.3) is 0 Å². The lowest BCUT2D eigenvalue weighted by atomic mass is 9.78. The summed E-state index contributed by atoms with van der Waals surface area (Å²) in [7, 11) is 0. The summed E-state index contributed by atoms with van der Waals surface area (Å²) in [6, 6.07) is 4.34.